The number of hydrogen-bond acceptors (Lipinski definition) is 5. The van der Waals surface area contributed by atoms with Crippen LogP contribution in [0.25, 0.3) is 0 Å². The maximum Gasteiger partial charge on any atom is 0.231 e. The minimum Gasteiger partial charge on any atom is -0.493 e. The lowest BCUT2D eigenvalue weighted by Crippen LogP contribution is -2.18. The zero-order valence-corrected chi connectivity index (χ0v) is 10.6. The Morgan fingerprint density at radius 1 is 1.42 bits per heavy atom. The molecule has 6 heteroatoms. The molecule has 0 spiro atoms. The standard InChI is InChI=1S/C13H15NO5/c1-14-13(16)3-2-4-17-10-6-12-11(18-8-19-12)5-9(10)7-15/h5-7H,2-4,8H2,1H3,(H,14,16). The number of fused-ring (bicyclic) bond motifs is 1. The SMILES string of the molecule is CNC(=O)CCCOc1cc2c(cc1C=O)OCO2. The van der Waals surface area contributed by atoms with Crippen LogP contribution in [0.4, 0.5) is 0 Å². The maximum atomic E-state index is 11.0. The van der Waals surface area contributed by atoms with Crippen molar-refractivity contribution in [2.45, 2.75) is 12.8 Å². The molecule has 0 saturated carbocycles. The third kappa shape index (κ3) is 3.15. The number of amides is 1. The Kier molecular flexibility index (Phi) is 4.22. The van der Waals surface area contributed by atoms with Gasteiger partial charge in [-0.2, -0.15) is 0 Å². The third-order valence-electron chi connectivity index (χ3n) is 2.72. The van der Waals surface area contributed by atoms with E-state index in [0.717, 1.165) is 0 Å². The Morgan fingerprint density at radius 2 is 2.16 bits per heavy atom. The predicted octanol–water partition coefficient (Wildman–Crippen LogP) is 1.13. The molecule has 0 atom stereocenters. The summed E-state index contributed by atoms with van der Waals surface area (Å²) in [5.41, 5.74) is 0.407. The van der Waals surface area contributed by atoms with E-state index in [1.807, 2.05) is 0 Å². The zero-order valence-electron chi connectivity index (χ0n) is 10.6. The molecule has 1 N–H and O–H groups in total. The molecule has 0 bridgehead atoms. The van der Waals surface area contributed by atoms with Crippen molar-refractivity contribution >= 4 is 12.2 Å². The fourth-order valence-corrected chi connectivity index (χ4v) is 1.70. The van der Waals surface area contributed by atoms with Crippen molar-refractivity contribution in [2.24, 2.45) is 0 Å². The van der Waals surface area contributed by atoms with E-state index in [1.165, 1.54) is 0 Å². The van der Waals surface area contributed by atoms with Crippen LogP contribution in [-0.4, -0.2) is 32.6 Å². The number of benzene rings is 1. The Labute approximate surface area is 110 Å². The van der Waals surface area contributed by atoms with Gasteiger partial charge in [0.25, 0.3) is 0 Å². The minimum atomic E-state index is -0.0371. The van der Waals surface area contributed by atoms with E-state index < -0.39 is 0 Å². The van der Waals surface area contributed by atoms with E-state index >= 15 is 0 Å². The number of hydrogen-bond donors (Lipinski definition) is 1. The highest BCUT2D eigenvalue weighted by Gasteiger charge is 2.17. The van der Waals surface area contributed by atoms with Crippen LogP contribution < -0.4 is 19.5 Å². The van der Waals surface area contributed by atoms with E-state index in [4.69, 9.17) is 14.2 Å². The molecular formula is C13H15NO5. The van der Waals surface area contributed by atoms with Crippen molar-refractivity contribution < 1.29 is 23.8 Å². The number of ether oxygens (including phenoxy) is 3. The van der Waals surface area contributed by atoms with Crippen molar-refractivity contribution in [3.8, 4) is 17.2 Å². The van der Waals surface area contributed by atoms with Crippen LogP contribution in [0, 0.1) is 0 Å². The quantitative estimate of drug-likeness (QED) is 0.616. The molecule has 2 rings (SSSR count). The van der Waals surface area contributed by atoms with Crippen LogP contribution in [0.15, 0.2) is 12.1 Å². The summed E-state index contributed by atoms with van der Waals surface area (Å²) in [4.78, 5) is 22.0. The highest BCUT2D eigenvalue weighted by atomic mass is 16.7. The van der Waals surface area contributed by atoms with Gasteiger partial charge in [0.2, 0.25) is 12.7 Å². The Bertz CT molecular complexity index is 486. The largest absolute Gasteiger partial charge is 0.493 e. The molecule has 0 unspecified atom stereocenters. The van der Waals surface area contributed by atoms with Crippen molar-refractivity contribution in [1.82, 2.24) is 5.32 Å². The fourth-order valence-electron chi connectivity index (χ4n) is 1.70. The highest BCUT2D eigenvalue weighted by molar-refractivity contribution is 5.81. The Hall–Kier alpha value is -2.24. The summed E-state index contributed by atoms with van der Waals surface area (Å²) in [6, 6.07) is 3.22. The average Bonchev–Trinajstić information content (AvgIpc) is 2.89. The van der Waals surface area contributed by atoms with Gasteiger partial charge < -0.3 is 19.5 Å². The normalized spacial score (nSPS) is 12.1. The maximum absolute atomic E-state index is 11.0. The van der Waals surface area contributed by atoms with Crippen LogP contribution in [0.1, 0.15) is 23.2 Å². The number of carbonyl (C=O) groups is 2. The van der Waals surface area contributed by atoms with Crippen LogP contribution in [-0.2, 0) is 4.79 Å². The van der Waals surface area contributed by atoms with Gasteiger partial charge in [0.15, 0.2) is 17.8 Å². The van der Waals surface area contributed by atoms with Crippen LogP contribution in [0.3, 0.4) is 0 Å². The first kappa shape index (κ1) is 13.2. The Morgan fingerprint density at radius 3 is 2.84 bits per heavy atom. The highest BCUT2D eigenvalue weighted by Crippen LogP contribution is 2.37. The van der Waals surface area contributed by atoms with E-state index in [-0.39, 0.29) is 12.7 Å². The molecule has 0 fully saturated rings. The molecule has 0 saturated heterocycles. The van der Waals surface area contributed by atoms with Crippen LogP contribution in [0.5, 0.6) is 17.2 Å². The molecule has 0 radical (unpaired) electrons. The van der Waals surface area contributed by atoms with Gasteiger partial charge in [-0.15, -0.1) is 0 Å². The lowest BCUT2D eigenvalue weighted by molar-refractivity contribution is -0.120. The number of aldehydes is 1. The first-order chi connectivity index (χ1) is 9.24. The molecule has 19 heavy (non-hydrogen) atoms. The number of rotatable bonds is 6. The van der Waals surface area contributed by atoms with Crippen molar-refractivity contribution in [1.29, 1.82) is 0 Å². The van der Waals surface area contributed by atoms with E-state index in [2.05, 4.69) is 5.32 Å². The molecule has 1 heterocycles. The lowest BCUT2D eigenvalue weighted by Gasteiger charge is -2.09. The monoisotopic (exact) mass is 265 g/mol. The van der Waals surface area contributed by atoms with Crippen molar-refractivity contribution in [3.63, 3.8) is 0 Å². The first-order valence-electron chi connectivity index (χ1n) is 5.97. The van der Waals surface area contributed by atoms with Gasteiger partial charge in [-0.05, 0) is 12.5 Å². The molecular weight excluding hydrogens is 250 g/mol. The molecule has 1 aliphatic rings. The smallest absolute Gasteiger partial charge is 0.231 e. The Balaban J connectivity index is 1.96. The molecule has 1 aliphatic heterocycles. The topological polar surface area (TPSA) is 73.9 Å². The summed E-state index contributed by atoms with van der Waals surface area (Å²) in [5.74, 6) is 1.51. The van der Waals surface area contributed by atoms with Crippen molar-refractivity contribution in [3.05, 3.63) is 17.7 Å². The lowest BCUT2D eigenvalue weighted by atomic mass is 10.2. The summed E-state index contributed by atoms with van der Waals surface area (Å²) < 4.78 is 15.9. The summed E-state index contributed by atoms with van der Waals surface area (Å²) in [6.45, 7) is 0.502. The van der Waals surface area contributed by atoms with E-state index in [1.54, 1.807) is 19.2 Å². The van der Waals surface area contributed by atoms with Gasteiger partial charge in [-0.1, -0.05) is 0 Å². The van der Waals surface area contributed by atoms with Crippen LogP contribution in [0.2, 0.25) is 0 Å². The van der Waals surface area contributed by atoms with Gasteiger partial charge in [0, 0.05) is 19.5 Å². The van der Waals surface area contributed by atoms with Gasteiger partial charge in [-0.3, -0.25) is 9.59 Å². The summed E-state index contributed by atoms with van der Waals surface area (Å²) >= 11 is 0. The predicted molar refractivity (Wildman–Crippen MR) is 66.7 cm³/mol. The molecule has 102 valence electrons. The van der Waals surface area contributed by atoms with Gasteiger partial charge in [0.05, 0.1) is 12.2 Å². The van der Waals surface area contributed by atoms with Gasteiger partial charge in [0.1, 0.15) is 5.75 Å². The summed E-state index contributed by atoms with van der Waals surface area (Å²) in [7, 11) is 1.59. The van der Waals surface area contributed by atoms with E-state index in [0.29, 0.717) is 48.5 Å². The fraction of sp³-hybridized carbons (Fsp3) is 0.385. The first-order valence-corrected chi connectivity index (χ1v) is 5.97. The minimum absolute atomic E-state index is 0.0371. The molecule has 1 aromatic rings. The molecule has 0 aromatic heterocycles. The number of nitrogens with one attached hydrogen (secondary N) is 1. The molecule has 6 nitrogen and oxygen atoms in total. The second-order valence-corrected chi connectivity index (χ2v) is 3.99. The van der Waals surface area contributed by atoms with Crippen LogP contribution >= 0.6 is 0 Å². The van der Waals surface area contributed by atoms with E-state index in [9.17, 15) is 9.59 Å². The van der Waals surface area contributed by atoms with Gasteiger partial charge in [-0.25, -0.2) is 0 Å². The molecule has 1 aromatic carbocycles. The van der Waals surface area contributed by atoms with Crippen molar-refractivity contribution in [2.75, 3.05) is 20.4 Å². The third-order valence-corrected chi connectivity index (χ3v) is 2.72. The number of carbonyl (C=O) groups excluding carboxylic acids is 2. The van der Waals surface area contributed by atoms with Gasteiger partial charge >= 0.3 is 0 Å². The average molecular weight is 265 g/mol. The second-order valence-electron chi connectivity index (χ2n) is 3.99. The second kappa shape index (κ2) is 6.08. The summed E-state index contributed by atoms with van der Waals surface area (Å²) in [6.07, 6.45) is 1.67. The molecule has 1 amide bonds. The molecule has 0 aliphatic carbocycles. The summed E-state index contributed by atoms with van der Waals surface area (Å²) in [5, 5.41) is 2.53. The zero-order chi connectivity index (χ0) is 13.7.